The molecule has 0 fully saturated rings. The van der Waals surface area contributed by atoms with E-state index in [0.29, 0.717) is 17.9 Å². The number of carbonyl (C=O) groups is 1. The highest BCUT2D eigenvalue weighted by Crippen LogP contribution is 2.27. The largest absolute Gasteiger partial charge is 0.487 e. The van der Waals surface area contributed by atoms with Crippen LogP contribution in [0.5, 0.6) is 5.75 Å². The minimum Gasteiger partial charge on any atom is -0.487 e. The lowest BCUT2D eigenvalue weighted by Crippen LogP contribution is -2.22. The van der Waals surface area contributed by atoms with E-state index in [0.717, 1.165) is 10.8 Å². The molecule has 5 nitrogen and oxygen atoms in total. The van der Waals surface area contributed by atoms with Gasteiger partial charge in [-0.1, -0.05) is 24.3 Å². The molecule has 0 aromatic heterocycles. The number of carbonyl (C=O) groups excluding carboxylic acids is 1. The van der Waals surface area contributed by atoms with Crippen LogP contribution in [0.25, 0.3) is 10.8 Å². The van der Waals surface area contributed by atoms with E-state index < -0.39 is 12.3 Å². The van der Waals surface area contributed by atoms with Crippen molar-refractivity contribution >= 4 is 16.7 Å². The minimum atomic E-state index is -0.499. The lowest BCUT2D eigenvalue weighted by molar-refractivity contribution is -0.122. The first-order valence-corrected chi connectivity index (χ1v) is 7.08. The highest BCUT2D eigenvalue weighted by Gasteiger charge is 2.17. The molecular weight excluding hydrogens is 284 g/mol. The molecule has 0 N–H and O–H groups in total. The molecule has 5 heteroatoms. The zero-order valence-corrected chi connectivity index (χ0v) is 13.0. The molecule has 0 aliphatic rings. The van der Waals surface area contributed by atoms with E-state index in [1.54, 1.807) is 13.0 Å². The molecule has 2 aromatic rings. The fourth-order valence-electron chi connectivity index (χ4n) is 2.10. The summed E-state index contributed by atoms with van der Waals surface area (Å²) in [5.41, 5.74) is 0.395. The molecule has 0 bridgehead atoms. The second-order valence-corrected chi connectivity index (χ2v) is 4.63. The van der Waals surface area contributed by atoms with Crippen molar-refractivity contribution in [2.45, 2.75) is 13.2 Å². The van der Waals surface area contributed by atoms with Crippen LogP contribution in [0, 0.1) is 0 Å². The summed E-state index contributed by atoms with van der Waals surface area (Å²) < 4.78 is 21.0. The summed E-state index contributed by atoms with van der Waals surface area (Å²) in [6.45, 7) is 2.26. The van der Waals surface area contributed by atoms with Crippen molar-refractivity contribution < 1.29 is 23.7 Å². The molecule has 0 radical (unpaired) electrons. The van der Waals surface area contributed by atoms with E-state index >= 15 is 0 Å². The van der Waals surface area contributed by atoms with Gasteiger partial charge >= 0.3 is 5.97 Å². The van der Waals surface area contributed by atoms with Gasteiger partial charge in [-0.05, 0) is 29.8 Å². The van der Waals surface area contributed by atoms with Crippen LogP contribution in [0.15, 0.2) is 36.4 Å². The maximum Gasteiger partial charge on any atom is 0.341 e. The van der Waals surface area contributed by atoms with Crippen molar-refractivity contribution in [3.8, 4) is 5.75 Å². The number of rotatable bonds is 7. The average molecular weight is 304 g/mol. The second-order valence-electron chi connectivity index (χ2n) is 4.63. The number of esters is 1. The smallest absolute Gasteiger partial charge is 0.341 e. The van der Waals surface area contributed by atoms with Crippen LogP contribution in [0.3, 0.4) is 0 Å². The van der Waals surface area contributed by atoms with E-state index in [-0.39, 0.29) is 6.61 Å². The van der Waals surface area contributed by atoms with Crippen molar-refractivity contribution in [2.24, 2.45) is 0 Å². The van der Waals surface area contributed by atoms with Crippen molar-refractivity contribution in [2.75, 3.05) is 27.4 Å². The first-order chi connectivity index (χ1) is 10.7. The van der Waals surface area contributed by atoms with Crippen molar-refractivity contribution in [1.29, 1.82) is 0 Å². The molecule has 2 aromatic carbocycles. The van der Waals surface area contributed by atoms with E-state index in [4.69, 9.17) is 18.9 Å². The summed E-state index contributed by atoms with van der Waals surface area (Å²) in [6, 6.07) is 11.4. The molecule has 0 saturated heterocycles. The van der Waals surface area contributed by atoms with Gasteiger partial charge < -0.3 is 18.9 Å². The SMILES string of the molecule is CCOC(=O)c1cc2ccccc2cc1OCC(OC)OC. The molecule has 0 unspecified atom stereocenters. The average Bonchev–Trinajstić information content (AvgIpc) is 2.55. The van der Waals surface area contributed by atoms with Gasteiger partial charge in [-0.15, -0.1) is 0 Å². The number of benzene rings is 2. The predicted molar refractivity (Wildman–Crippen MR) is 83.2 cm³/mol. The van der Waals surface area contributed by atoms with Gasteiger partial charge in [0.1, 0.15) is 17.9 Å². The van der Waals surface area contributed by atoms with E-state index in [9.17, 15) is 4.79 Å². The molecule has 0 atom stereocenters. The standard InChI is InChI=1S/C17H20O5/c1-4-21-17(18)14-9-12-7-5-6-8-13(12)10-15(14)22-11-16(19-2)20-3/h5-10,16H,4,11H2,1-3H3. The number of ether oxygens (including phenoxy) is 4. The first-order valence-electron chi connectivity index (χ1n) is 7.08. The topological polar surface area (TPSA) is 54.0 Å². The number of hydrogen-bond donors (Lipinski definition) is 0. The Bertz CT molecular complexity index is 634. The Morgan fingerprint density at radius 3 is 2.32 bits per heavy atom. The molecule has 0 amide bonds. The first kappa shape index (κ1) is 16.3. The molecule has 0 aliphatic heterocycles. The van der Waals surface area contributed by atoms with Gasteiger partial charge in [0.15, 0.2) is 6.29 Å². The Labute approximate surface area is 129 Å². The fraction of sp³-hybridized carbons (Fsp3) is 0.353. The van der Waals surface area contributed by atoms with Crippen LogP contribution in [-0.4, -0.2) is 39.7 Å². The molecule has 0 aliphatic carbocycles. The second kappa shape index (κ2) is 7.77. The van der Waals surface area contributed by atoms with Gasteiger partial charge in [0.2, 0.25) is 0 Å². The molecule has 0 saturated carbocycles. The molecule has 2 rings (SSSR count). The van der Waals surface area contributed by atoms with Gasteiger partial charge in [0.25, 0.3) is 0 Å². The molecule has 118 valence electrons. The number of fused-ring (bicyclic) bond motifs is 1. The summed E-state index contributed by atoms with van der Waals surface area (Å²) in [5, 5.41) is 1.94. The maximum atomic E-state index is 12.1. The van der Waals surface area contributed by atoms with Gasteiger partial charge in [0.05, 0.1) is 6.61 Å². The molecule has 0 heterocycles. The van der Waals surface area contributed by atoms with Crippen LogP contribution in [-0.2, 0) is 14.2 Å². The fourth-order valence-corrected chi connectivity index (χ4v) is 2.10. The Hall–Kier alpha value is -2.11. The summed E-state index contributed by atoms with van der Waals surface area (Å²) in [5.74, 6) is 0.0471. The Morgan fingerprint density at radius 2 is 1.73 bits per heavy atom. The highest BCUT2D eigenvalue weighted by molar-refractivity contribution is 5.98. The Balaban J connectivity index is 2.35. The highest BCUT2D eigenvalue weighted by atomic mass is 16.7. The van der Waals surface area contributed by atoms with Crippen molar-refractivity contribution in [1.82, 2.24) is 0 Å². The maximum absolute atomic E-state index is 12.1. The minimum absolute atomic E-state index is 0.178. The van der Waals surface area contributed by atoms with Gasteiger partial charge in [-0.3, -0.25) is 0 Å². The van der Waals surface area contributed by atoms with Crippen LogP contribution < -0.4 is 4.74 Å². The van der Waals surface area contributed by atoms with Crippen molar-refractivity contribution in [3.63, 3.8) is 0 Å². The zero-order valence-electron chi connectivity index (χ0n) is 13.0. The Kier molecular flexibility index (Phi) is 5.75. The third-order valence-corrected chi connectivity index (χ3v) is 3.24. The van der Waals surface area contributed by atoms with Crippen LogP contribution >= 0.6 is 0 Å². The summed E-state index contributed by atoms with van der Waals surface area (Å²) >= 11 is 0. The van der Waals surface area contributed by atoms with E-state index in [1.807, 2.05) is 30.3 Å². The third kappa shape index (κ3) is 3.75. The monoisotopic (exact) mass is 304 g/mol. The van der Waals surface area contributed by atoms with Crippen molar-refractivity contribution in [3.05, 3.63) is 42.0 Å². The quantitative estimate of drug-likeness (QED) is 0.581. The summed E-state index contributed by atoms with van der Waals surface area (Å²) in [6.07, 6.45) is -0.499. The number of hydrogen-bond acceptors (Lipinski definition) is 5. The normalized spacial score (nSPS) is 10.9. The van der Waals surface area contributed by atoms with E-state index in [2.05, 4.69) is 0 Å². The molecular formula is C17H20O5. The van der Waals surface area contributed by atoms with Crippen LogP contribution in [0.1, 0.15) is 17.3 Å². The summed E-state index contributed by atoms with van der Waals surface area (Å²) in [4.78, 5) is 12.1. The van der Waals surface area contributed by atoms with E-state index in [1.165, 1.54) is 14.2 Å². The lowest BCUT2D eigenvalue weighted by atomic mass is 10.1. The van der Waals surface area contributed by atoms with Crippen LogP contribution in [0.4, 0.5) is 0 Å². The van der Waals surface area contributed by atoms with Crippen LogP contribution in [0.2, 0.25) is 0 Å². The van der Waals surface area contributed by atoms with Gasteiger partial charge in [-0.2, -0.15) is 0 Å². The predicted octanol–water partition coefficient (Wildman–Crippen LogP) is 3.01. The summed E-state index contributed by atoms with van der Waals surface area (Å²) in [7, 11) is 3.06. The Morgan fingerprint density at radius 1 is 1.09 bits per heavy atom. The van der Waals surface area contributed by atoms with Gasteiger partial charge in [-0.25, -0.2) is 4.79 Å². The number of methoxy groups -OCH3 is 2. The van der Waals surface area contributed by atoms with Gasteiger partial charge in [0, 0.05) is 14.2 Å². The third-order valence-electron chi connectivity index (χ3n) is 3.24. The zero-order chi connectivity index (χ0) is 15.9. The molecule has 0 spiro atoms. The lowest BCUT2D eigenvalue weighted by Gasteiger charge is -2.16. The molecule has 22 heavy (non-hydrogen) atoms.